The number of aromatic amines is 1. The van der Waals surface area contributed by atoms with Crippen LogP contribution in [0.4, 0.5) is 5.69 Å². The molecule has 108 valence electrons. The number of anilines is 1. The van der Waals surface area contributed by atoms with Gasteiger partial charge >= 0.3 is 0 Å². The highest BCUT2D eigenvalue weighted by Gasteiger charge is 2.11. The van der Waals surface area contributed by atoms with Crippen LogP contribution in [0.2, 0.25) is 0 Å². The molecule has 0 unspecified atom stereocenters. The summed E-state index contributed by atoms with van der Waals surface area (Å²) in [4.78, 5) is 18.4. The van der Waals surface area contributed by atoms with Crippen molar-refractivity contribution in [1.29, 1.82) is 5.26 Å². The predicted molar refractivity (Wildman–Crippen MR) is 81.4 cm³/mol. The second-order valence-electron chi connectivity index (χ2n) is 4.99. The van der Waals surface area contributed by atoms with Crippen LogP contribution in [0.1, 0.15) is 19.4 Å². The zero-order valence-electron chi connectivity index (χ0n) is 12.0. The first kappa shape index (κ1) is 14.6. The molecule has 0 saturated carbocycles. The van der Waals surface area contributed by atoms with Crippen LogP contribution in [0.5, 0.6) is 0 Å². The van der Waals surface area contributed by atoms with Crippen molar-refractivity contribution >= 4 is 22.6 Å². The summed E-state index contributed by atoms with van der Waals surface area (Å²) in [5.74, 6) is -0.712. The van der Waals surface area contributed by atoms with E-state index in [1.165, 1.54) is 6.08 Å². The number of rotatable bonds is 5. The highest BCUT2D eigenvalue weighted by Crippen LogP contribution is 2.26. The number of fused-ring (bicyclic) bond motifs is 1. The van der Waals surface area contributed by atoms with Gasteiger partial charge in [-0.05, 0) is 31.9 Å². The Hall–Kier alpha value is -2.81. The van der Waals surface area contributed by atoms with Crippen LogP contribution < -0.4 is 11.1 Å². The number of allylic oxidation sites excluding steroid dienone is 1. The van der Waals surface area contributed by atoms with Gasteiger partial charge in [-0.15, -0.1) is 0 Å². The van der Waals surface area contributed by atoms with Crippen LogP contribution in [-0.4, -0.2) is 21.9 Å². The fourth-order valence-corrected chi connectivity index (χ4v) is 2.13. The summed E-state index contributed by atoms with van der Waals surface area (Å²) in [6, 6.07) is 4.00. The van der Waals surface area contributed by atoms with Crippen LogP contribution in [-0.2, 0) is 11.2 Å². The highest BCUT2D eigenvalue weighted by atomic mass is 16.1. The number of hydrogen-bond acceptors (Lipinski definition) is 4. The number of nitriles is 1. The molecule has 0 saturated heterocycles. The fraction of sp³-hybridized carbons (Fsp3) is 0.267. The maximum Gasteiger partial charge on any atom is 0.259 e. The number of nitrogens with one attached hydrogen (secondary N) is 2. The molecule has 0 bridgehead atoms. The predicted octanol–water partition coefficient (Wildman–Crippen LogP) is 1.86. The average Bonchev–Trinajstić information content (AvgIpc) is 2.83. The van der Waals surface area contributed by atoms with E-state index in [2.05, 4.69) is 29.1 Å². The summed E-state index contributed by atoms with van der Waals surface area (Å²) >= 11 is 0. The number of aromatic nitrogens is 2. The number of amides is 1. The van der Waals surface area contributed by atoms with Gasteiger partial charge in [0.05, 0.1) is 0 Å². The monoisotopic (exact) mass is 283 g/mol. The van der Waals surface area contributed by atoms with Gasteiger partial charge in [0, 0.05) is 29.5 Å². The van der Waals surface area contributed by atoms with E-state index in [4.69, 9.17) is 11.0 Å². The maximum atomic E-state index is 11.1. The first-order valence-corrected chi connectivity index (χ1v) is 6.64. The molecule has 0 aliphatic rings. The molecule has 0 fully saturated rings. The van der Waals surface area contributed by atoms with E-state index in [-0.39, 0.29) is 11.6 Å². The molecule has 6 nitrogen and oxygen atoms in total. The number of H-pyrrole nitrogens is 1. The molecular weight excluding hydrogens is 266 g/mol. The number of hydrogen-bond donors (Lipinski definition) is 3. The molecule has 0 atom stereocenters. The zero-order chi connectivity index (χ0) is 15.4. The van der Waals surface area contributed by atoms with E-state index in [9.17, 15) is 4.79 Å². The lowest BCUT2D eigenvalue weighted by atomic mass is 10.1. The molecule has 0 aliphatic carbocycles. The Morgan fingerprint density at radius 1 is 1.62 bits per heavy atom. The van der Waals surface area contributed by atoms with Crippen LogP contribution in [0.15, 0.2) is 30.1 Å². The summed E-state index contributed by atoms with van der Waals surface area (Å²) in [6.45, 7) is 4.11. The minimum absolute atomic E-state index is 0.0355. The third-order valence-electron chi connectivity index (χ3n) is 3.01. The minimum Gasteiger partial charge on any atom is -0.382 e. The molecule has 2 rings (SSSR count). The quantitative estimate of drug-likeness (QED) is 0.575. The summed E-state index contributed by atoms with van der Waals surface area (Å²) in [6.07, 6.45) is 5.53. The standard InChI is InChI=1S/C15H17N5O/c1-9(2)20-12-5-6-18-15-13(12)11(8-19-15)4-3-10(7-16)14(17)21/h3,5-6,8-9H,4H2,1-2H3,(H2,17,21)(H2,18,19,20). The smallest absolute Gasteiger partial charge is 0.259 e. The number of pyridine rings is 1. The van der Waals surface area contributed by atoms with Gasteiger partial charge < -0.3 is 16.0 Å². The fourth-order valence-electron chi connectivity index (χ4n) is 2.13. The van der Waals surface area contributed by atoms with E-state index < -0.39 is 5.91 Å². The van der Waals surface area contributed by atoms with Gasteiger partial charge in [-0.25, -0.2) is 4.98 Å². The van der Waals surface area contributed by atoms with E-state index >= 15 is 0 Å². The SMILES string of the molecule is CC(C)Nc1ccnc2[nH]cc(CC=C(C#N)C(N)=O)c12. The summed E-state index contributed by atoms with van der Waals surface area (Å²) in [5.41, 5.74) is 7.79. The zero-order valence-corrected chi connectivity index (χ0v) is 12.0. The Morgan fingerprint density at radius 3 is 3.00 bits per heavy atom. The third kappa shape index (κ3) is 3.20. The van der Waals surface area contributed by atoms with Gasteiger partial charge in [0.1, 0.15) is 17.3 Å². The summed E-state index contributed by atoms with van der Waals surface area (Å²) in [7, 11) is 0. The average molecular weight is 283 g/mol. The molecule has 0 spiro atoms. The van der Waals surface area contributed by atoms with E-state index in [0.29, 0.717) is 6.42 Å². The maximum absolute atomic E-state index is 11.1. The van der Waals surface area contributed by atoms with Crippen molar-refractivity contribution in [1.82, 2.24) is 9.97 Å². The molecular formula is C15H17N5O. The lowest BCUT2D eigenvalue weighted by Gasteiger charge is -2.11. The molecule has 2 heterocycles. The Balaban J connectivity index is 2.41. The van der Waals surface area contributed by atoms with Crippen LogP contribution in [0.25, 0.3) is 11.0 Å². The Morgan fingerprint density at radius 2 is 2.38 bits per heavy atom. The molecule has 0 aliphatic heterocycles. The highest BCUT2D eigenvalue weighted by molar-refractivity contribution is 5.96. The van der Waals surface area contributed by atoms with Gasteiger partial charge in [0.2, 0.25) is 0 Å². The third-order valence-corrected chi connectivity index (χ3v) is 3.01. The Bertz CT molecular complexity index is 736. The Labute approximate surface area is 122 Å². The number of nitrogens with zero attached hydrogens (tertiary/aromatic N) is 2. The Kier molecular flexibility index (Phi) is 4.24. The lowest BCUT2D eigenvalue weighted by molar-refractivity contribution is -0.114. The van der Waals surface area contributed by atoms with Gasteiger partial charge in [-0.3, -0.25) is 4.79 Å². The van der Waals surface area contributed by atoms with Crippen molar-refractivity contribution in [2.75, 3.05) is 5.32 Å². The van der Waals surface area contributed by atoms with Crippen molar-refractivity contribution in [3.05, 3.63) is 35.7 Å². The summed E-state index contributed by atoms with van der Waals surface area (Å²) < 4.78 is 0. The van der Waals surface area contributed by atoms with E-state index in [0.717, 1.165) is 22.3 Å². The number of carbonyl (C=O) groups is 1. The molecule has 2 aromatic heterocycles. The lowest BCUT2D eigenvalue weighted by Crippen LogP contribution is -2.13. The topological polar surface area (TPSA) is 108 Å². The van der Waals surface area contributed by atoms with Gasteiger partial charge in [0.25, 0.3) is 5.91 Å². The van der Waals surface area contributed by atoms with E-state index in [1.807, 2.05) is 12.3 Å². The normalized spacial score (nSPS) is 11.6. The molecule has 0 aromatic carbocycles. The molecule has 6 heteroatoms. The van der Waals surface area contributed by atoms with Crippen molar-refractivity contribution < 1.29 is 4.79 Å². The van der Waals surface area contributed by atoms with Crippen molar-refractivity contribution in [2.24, 2.45) is 5.73 Å². The second kappa shape index (κ2) is 6.09. The molecule has 21 heavy (non-hydrogen) atoms. The van der Waals surface area contributed by atoms with Crippen LogP contribution in [0, 0.1) is 11.3 Å². The molecule has 1 amide bonds. The molecule has 2 aromatic rings. The first-order valence-electron chi connectivity index (χ1n) is 6.64. The number of primary amides is 1. The molecule has 4 N–H and O–H groups in total. The van der Waals surface area contributed by atoms with Crippen molar-refractivity contribution in [3.8, 4) is 6.07 Å². The van der Waals surface area contributed by atoms with Gasteiger partial charge in [-0.2, -0.15) is 5.26 Å². The van der Waals surface area contributed by atoms with Gasteiger partial charge in [0.15, 0.2) is 0 Å². The van der Waals surface area contributed by atoms with Crippen LogP contribution in [0.3, 0.4) is 0 Å². The summed E-state index contributed by atoms with van der Waals surface area (Å²) in [5, 5.41) is 13.2. The second-order valence-corrected chi connectivity index (χ2v) is 4.99. The van der Waals surface area contributed by atoms with Gasteiger partial charge in [-0.1, -0.05) is 6.08 Å². The van der Waals surface area contributed by atoms with E-state index in [1.54, 1.807) is 12.3 Å². The van der Waals surface area contributed by atoms with Crippen LogP contribution >= 0.6 is 0 Å². The molecule has 0 radical (unpaired) electrons. The van der Waals surface area contributed by atoms with Crippen molar-refractivity contribution in [3.63, 3.8) is 0 Å². The van der Waals surface area contributed by atoms with Crippen molar-refractivity contribution in [2.45, 2.75) is 26.3 Å². The largest absolute Gasteiger partial charge is 0.382 e. The minimum atomic E-state index is -0.712. The first-order chi connectivity index (χ1) is 10.0. The number of nitrogens with two attached hydrogens (primary N) is 1. The number of carbonyl (C=O) groups excluding carboxylic acids is 1.